The summed E-state index contributed by atoms with van der Waals surface area (Å²) in [6.45, 7) is 0.265. The van der Waals surface area contributed by atoms with Crippen molar-refractivity contribution in [2.24, 2.45) is 0 Å². The zero-order valence-electron chi connectivity index (χ0n) is 13.4. The predicted octanol–water partition coefficient (Wildman–Crippen LogP) is 5.48. The van der Waals surface area contributed by atoms with Crippen LogP contribution in [0.15, 0.2) is 74.1 Å². The van der Waals surface area contributed by atoms with Gasteiger partial charge in [-0.1, -0.05) is 17.3 Å². The number of rotatable bonds is 5. The maximum atomic E-state index is 13.0. The standard InChI is InChI=1S/C19H12BrFN2O3/c20-15-3-1-2-4-16(15)24-11-14-9-10-17(25-14)19-22-18(23-26-19)12-5-7-13(21)8-6-12/h1-10H,11H2. The lowest BCUT2D eigenvalue weighted by atomic mass is 10.2. The molecule has 4 aromatic rings. The van der Waals surface area contributed by atoms with Crippen LogP contribution in [0.5, 0.6) is 5.75 Å². The minimum Gasteiger partial charge on any atom is -0.484 e. The first-order chi connectivity index (χ1) is 12.7. The topological polar surface area (TPSA) is 61.3 Å². The number of benzene rings is 2. The molecule has 4 rings (SSSR count). The molecule has 0 amide bonds. The van der Waals surface area contributed by atoms with Crippen LogP contribution in [0.2, 0.25) is 0 Å². The molecule has 0 saturated heterocycles. The molecule has 0 radical (unpaired) electrons. The van der Waals surface area contributed by atoms with Gasteiger partial charge in [0.1, 0.15) is 23.9 Å². The highest BCUT2D eigenvalue weighted by Gasteiger charge is 2.14. The Labute approximate surface area is 156 Å². The Bertz CT molecular complexity index is 1030. The van der Waals surface area contributed by atoms with Crippen molar-refractivity contribution in [3.8, 4) is 28.8 Å². The van der Waals surface area contributed by atoms with Crippen molar-refractivity contribution in [2.45, 2.75) is 6.61 Å². The summed E-state index contributed by atoms with van der Waals surface area (Å²) in [7, 11) is 0. The molecule has 0 fully saturated rings. The van der Waals surface area contributed by atoms with Crippen molar-refractivity contribution in [1.82, 2.24) is 10.1 Å². The van der Waals surface area contributed by atoms with Crippen LogP contribution in [0.25, 0.3) is 23.0 Å². The number of ether oxygens (including phenoxy) is 1. The molecular formula is C19H12BrFN2O3. The largest absolute Gasteiger partial charge is 0.484 e. The molecule has 0 atom stereocenters. The first-order valence-corrected chi connectivity index (χ1v) is 8.54. The van der Waals surface area contributed by atoms with Crippen molar-refractivity contribution >= 4 is 15.9 Å². The van der Waals surface area contributed by atoms with Gasteiger partial charge in [0.25, 0.3) is 5.89 Å². The molecule has 2 aromatic heterocycles. The van der Waals surface area contributed by atoms with E-state index in [9.17, 15) is 4.39 Å². The number of halogens is 2. The highest BCUT2D eigenvalue weighted by atomic mass is 79.9. The Morgan fingerprint density at radius 3 is 2.62 bits per heavy atom. The number of nitrogens with zero attached hydrogens (tertiary/aromatic N) is 2. The fourth-order valence-electron chi connectivity index (χ4n) is 2.32. The number of furan rings is 1. The van der Waals surface area contributed by atoms with Gasteiger partial charge >= 0.3 is 0 Å². The van der Waals surface area contributed by atoms with E-state index in [2.05, 4.69) is 26.1 Å². The van der Waals surface area contributed by atoms with E-state index in [1.54, 1.807) is 24.3 Å². The quantitative estimate of drug-likeness (QED) is 0.432. The van der Waals surface area contributed by atoms with Crippen LogP contribution in [0.3, 0.4) is 0 Å². The van der Waals surface area contributed by atoms with Gasteiger partial charge in [-0.15, -0.1) is 0 Å². The minimum absolute atomic E-state index is 0.247. The molecule has 0 aliphatic carbocycles. The van der Waals surface area contributed by atoms with Gasteiger partial charge in [0.2, 0.25) is 5.82 Å². The first-order valence-electron chi connectivity index (χ1n) is 7.75. The highest BCUT2D eigenvalue weighted by Crippen LogP contribution is 2.27. The Morgan fingerprint density at radius 2 is 1.81 bits per heavy atom. The molecule has 5 nitrogen and oxygen atoms in total. The van der Waals surface area contributed by atoms with Gasteiger partial charge in [-0.25, -0.2) is 4.39 Å². The summed E-state index contributed by atoms with van der Waals surface area (Å²) >= 11 is 3.43. The summed E-state index contributed by atoms with van der Waals surface area (Å²) < 4.78 is 30.5. The van der Waals surface area contributed by atoms with Crippen LogP contribution >= 0.6 is 15.9 Å². The van der Waals surface area contributed by atoms with Gasteiger partial charge in [0, 0.05) is 5.56 Å². The lowest BCUT2D eigenvalue weighted by molar-refractivity contribution is 0.269. The van der Waals surface area contributed by atoms with E-state index in [4.69, 9.17) is 13.7 Å². The fourth-order valence-corrected chi connectivity index (χ4v) is 2.72. The summed E-state index contributed by atoms with van der Waals surface area (Å²) in [5.74, 6) is 2.08. The average Bonchev–Trinajstić information content (AvgIpc) is 3.31. The van der Waals surface area contributed by atoms with E-state index >= 15 is 0 Å². The summed E-state index contributed by atoms with van der Waals surface area (Å²) in [6, 6.07) is 16.9. The summed E-state index contributed by atoms with van der Waals surface area (Å²) in [5, 5.41) is 3.90. The molecular weight excluding hydrogens is 403 g/mol. The van der Waals surface area contributed by atoms with Crippen LogP contribution in [-0.4, -0.2) is 10.1 Å². The first kappa shape index (κ1) is 16.5. The van der Waals surface area contributed by atoms with Gasteiger partial charge in [0.05, 0.1) is 4.47 Å². The van der Waals surface area contributed by atoms with Crippen molar-refractivity contribution in [3.05, 3.63) is 76.7 Å². The third-order valence-electron chi connectivity index (χ3n) is 3.61. The van der Waals surface area contributed by atoms with Gasteiger partial charge < -0.3 is 13.7 Å². The molecule has 0 saturated carbocycles. The Hall–Kier alpha value is -2.93. The monoisotopic (exact) mass is 414 g/mol. The maximum absolute atomic E-state index is 13.0. The van der Waals surface area contributed by atoms with Crippen LogP contribution in [0.1, 0.15) is 5.76 Å². The van der Waals surface area contributed by atoms with Gasteiger partial charge in [0.15, 0.2) is 5.76 Å². The van der Waals surface area contributed by atoms with Gasteiger partial charge in [-0.3, -0.25) is 0 Å². The molecule has 0 aliphatic heterocycles. The van der Waals surface area contributed by atoms with Crippen LogP contribution in [0, 0.1) is 5.82 Å². The second-order valence-electron chi connectivity index (χ2n) is 5.42. The van der Waals surface area contributed by atoms with Gasteiger partial charge in [-0.2, -0.15) is 4.98 Å². The third kappa shape index (κ3) is 3.52. The lowest BCUT2D eigenvalue weighted by Crippen LogP contribution is -1.94. The molecule has 26 heavy (non-hydrogen) atoms. The molecule has 7 heteroatoms. The zero-order valence-corrected chi connectivity index (χ0v) is 14.9. The average molecular weight is 415 g/mol. The normalized spacial score (nSPS) is 10.8. The molecule has 2 heterocycles. The lowest BCUT2D eigenvalue weighted by Gasteiger charge is -2.05. The Balaban J connectivity index is 1.48. The summed E-state index contributed by atoms with van der Waals surface area (Å²) in [4.78, 5) is 4.28. The van der Waals surface area contributed by atoms with E-state index in [0.29, 0.717) is 22.9 Å². The Morgan fingerprint density at radius 1 is 1.00 bits per heavy atom. The number of hydrogen-bond donors (Lipinski definition) is 0. The Kier molecular flexibility index (Phi) is 4.53. The van der Waals surface area contributed by atoms with Crippen LogP contribution in [-0.2, 0) is 6.61 Å². The van der Waals surface area contributed by atoms with Crippen molar-refractivity contribution < 1.29 is 18.1 Å². The SMILES string of the molecule is Fc1ccc(-c2noc(-c3ccc(COc4ccccc4Br)o3)n2)cc1. The maximum Gasteiger partial charge on any atom is 0.293 e. The molecule has 0 bridgehead atoms. The van der Waals surface area contributed by atoms with E-state index < -0.39 is 0 Å². The molecule has 0 spiro atoms. The van der Waals surface area contributed by atoms with Crippen LogP contribution in [0.4, 0.5) is 4.39 Å². The van der Waals surface area contributed by atoms with Crippen molar-refractivity contribution in [2.75, 3.05) is 0 Å². The summed E-state index contributed by atoms with van der Waals surface area (Å²) in [5.41, 5.74) is 0.658. The molecule has 130 valence electrons. The second kappa shape index (κ2) is 7.13. The molecule has 0 aliphatic rings. The molecule has 0 N–H and O–H groups in total. The van der Waals surface area contributed by atoms with Crippen molar-refractivity contribution in [3.63, 3.8) is 0 Å². The van der Waals surface area contributed by atoms with Crippen molar-refractivity contribution in [1.29, 1.82) is 0 Å². The van der Waals surface area contributed by atoms with Crippen LogP contribution < -0.4 is 4.74 Å². The second-order valence-corrected chi connectivity index (χ2v) is 6.27. The van der Waals surface area contributed by atoms with E-state index in [-0.39, 0.29) is 18.3 Å². The molecule has 2 aromatic carbocycles. The van der Waals surface area contributed by atoms with E-state index in [0.717, 1.165) is 10.2 Å². The zero-order chi connectivity index (χ0) is 17.9. The number of para-hydroxylation sites is 1. The third-order valence-corrected chi connectivity index (χ3v) is 4.26. The number of hydrogen-bond acceptors (Lipinski definition) is 5. The predicted molar refractivity (Wildman–Crippen MR) is 95.9 cm³/mol. The van der Waals surface area contributed by atoms with E-state index in [1.807, 2.05) is 24.3 Å². The minimum atomic E-state index is -0.321. The smallest absolute Gasteiger partial charge is 0.293 e. The van der Waals surface area contributed by atoms with Gasteiger partial charge in [-0.05, 0) is 64.5 Å². The number of aromatic nitrogens is 2. The summed E-state index contributed by atoms with van der Waals surface area (Å²) in [6.07, 6.45) is 0. The van der Waals surface area contributed by atoms with E-state index in [1.165, 1.54) is 12.1 Å². The fraction of sp³-hybridized carbons (Fsp3) is 0.0526. The highest BCUT2D eigenvalue weighted by molar-refractivity contribution is 9.10. The molecule has 0 unspecified atom stereocenters.